The first kappa shape index (κ1) is 19.6. The van der Waals surface area contributed by atoms with Crippen molar-refractivity contribution in [3.63, 3.8) is 0 Å². The molecule has 160 valence electrons. The van der Waals surface area contributed by atoms with E-state index in [4.69, 9.17) is 9.15 Å². The zero-order chi connectivity index (χ0) is 21.5. The second-order valence-corrected chi connectivity index (χ2v) is 8.11. The number of carbonyl (C=O) groups is 2. The van der Waals surface area contributed by atoms with Crippen molar-refractivity contribution in [1.82, 2.24) is 14.9 Å². The van der Waals surface area contributed by atoms with Crippen LogP contribution in [0.1, 0.15) is 75.6 Å². The first-order valence-corrected chi connectivity index (χ1v) is 10.5. The molecular weight excluding hydrogens is 396 g/mol. The van der Waals surface area contributed by atoms with Gasteiger partial charge < -0.3 is 24.4 Å². The van der Waals surface area contributed by atoms with Gasteiger partial charge in [0, 0.05) is 17.9 Å². The van der Waals surface area contributed by atoms with Gasteiger partial charge in [-0.15, -0.1) is 0 Å². The maximum absolute atomic E-state index is 12.8. The highest BCUT2D eigenvalue weighted by atomic mass is 16.5. The van der Waals surface area contributed by atoms with Gasteiger partial charge in [-0.05, 0) is 62.1 Å². The van der Waals surface area contributed by atoms with Gasteiger partial charge in [0.2, 0.25) is 5.89 Å². The number of fused-ring (bicyclic) bond motifs is 1. The van der Waals surface area contributed by atoms with E-state index in [0.717, 1.165) is 24.0 Å². The van der Waals surface area contributed by atoms with Gasteiger partial charge in [-0.2, -0.15) is 0 Å². The van der Waals surface area contributed by atoms with E-state index in [0.29, 0.717) is 42.3 Å². The molecule has 5 rings (SSSR count). The summed E-state index contributed by atoms with van der Waals surface area (Å²) in [6, 6.07) is 9.33. The number of carbonyl (C=O) groups excluding carboxylic acids is 2. The molecule has 31 heavy (non-hydrogen) atoms. The lowest BCUT2D eigenvalue weighted by molar-refractivity contribution is 0.0924. The molecule has 1 fully saturated rings. The van der Waals surface area contributed by atoms with Crippen LogP contribution in [0.2, 0.25) is 0 Å². The van der Waals surface area contributed by atoms with Crippen molar-refractivity contribution < 1.29 is 18.7 Å². The van der Waals surface area contributed by atoms with Crippen LogP contribution in [0.15, 0.2) is 40.9 Å². The minimum atomic E-state index is -0.479. The Kier molecular flexibility index (Phi) is 4.86. The van der Waals surface area contributed by atoms with Crippen LogP contribution in [-0.2, 0) is 18.0 Å². The van der Waals surface area contributed by atoms with E-state index in [1.54, 1.807) is 13.8 Å². The second-order valence-electron chi connectivity index (χ2n) is 8.11. The average Bonchev–Trinajstić information content (AvgIpc) is 3.15. The summed E-state index contributed by atoms with van der Waals surface area (Å²) >= 11 is 0. The smallest absolute Gasteiger partial charge is 0.277 e. The van der Waals surface area contributed by atoms with Crippen LogP contribution in [-0.4, -0.2) is 21.4 Å². The third-order valence-electron chi connectivity index (χ3n) is 5.68. The maximum Gasteiger partial charge on any atom is 0.277 e. The zero-order valence-electron chi connectivity index (χ0n) is 17.5. The molecule has 1 aliphatic heterocycles. The van der Waals surface area contributed by atoms with Crippen LogP contribution in [0.25, 0.3) is 0 Å². The molecule has 0 bridgehead atoms. The molecule has 0 unspecified atom stereocenters. The van der Waals surface area contributed by atoms with Crippen LogP contribution in [0.5, 0.6) is 0 Å². The summed E-state index contributed by atoms with van der Waals surface area (Å²) in [6.07, 6.45) is 4.12. The Morgan fingerprint density at radius 1 is 1.16 bits per heavy atom. The van der Waals surface area contributed by atoms with Gasteiger partial charge in [-0.25, -0.2) is 4.98 Å². The number of aromatic nitrogens is 2. The molecule has 0 spiro atoms. The highest BCUT2D eigenvalue weighted by Gasteiger charge is 2.28. The van der Waals surface area contributed by atoms with E-state index in [-0.39, 0.29) is 17.5 Å². The number of amides is 2. The Hall–Kier alpha value is -3.39. The minimum Gasteiger partial charge on any atom is -0.443 e. The number of nitrogens with one attached hydrogen (secondary N) is 2. The Labute approximate surface area is 179 Å². The Balaban J connectivity index is 1.27. The highest BCUT2D eigenvalue weighted by molar-refractivity contribution is 6.03. The summed E-state index contributed by atoms with van der Waals surface area (Å²) < 4.78 is 13.1. The summed E-state index contributed by atoms with van der Waals surface area (Å²) in [6.45, 7) is 4.63. The lowest BCUT2D eigenvalue weighted by Gasteiger charge is -2.12. The van der Waals surface area contributed by atoms with Crippen molar-refractivity contribution in [2.75, 3.05) is 5.32 Å². The van der Waals surface area contributed by atoms with Crippen LogP contribution in [0, 0.1) is 6.92 Å². The van der Waals surface area contributed by atoms with Gasteiger partial charge in [-0.3, -0.25) is 9.59 Å². The fourth-order valence-electron chi connectivity index (χ4n) is 3.84. The molecule has 2 aliphatic rings. The zero-order valence-corrected chi connectivity index (χ0v) is 17.5. The van der Waals surface area contributed by atoms with Crippen molar-refractivity contribution in [3.05, 3.63) is 70.7 Å². The number of hydrogen-bond donors (Lipinski definition) is 2. The van der Waals surface area contributed by atoms with Crippen molar-refractivity contribution in [2.45, 2.75) is 52.0 Å². The third-order valence-corrected chi connectivity index (χ3v) is 5.68. The molecule has 1 saturated carbocycles. The van der Waals surface area contributed by atoms with E-state index in [1.165, 1.54) is 0 Å². The molecule has 1 aliphatic carbocycles. The van der Waals surface area contributed by atoms with Gasteiger partial charge in [-0.1, -0.05) is 6.07 Å². The standard InChI is InChI=1S/C23H24N4O4/c1-13(24-21(28)19-4-3-9-27(19)18-7-8-18)23-26-20(14(2)31-23)22(29)25-17-6-5-15-11-30-12-16(15)10-17/h3-6,9-10,13,18H,7-8,11-12H2,1-2H3,(H,24,28)(H,25,29)/t13-/m0/s1. The van der Waals surface area contributed by atoms with Gasteiger partial charge in [0.25, 0.3) is 11.8 Å². The molecule has 2 N–H and O–H groups in total. The summed E-state index contributed by atoms with van der Waals surface area (Å²) in [5, 5.41) is 5.78. The molecule has 8 heteroatoms. The second kappa shape index (κ2) is 7.70. The largest absolute Gasteiger partial charge is 0.443 e. The molecular formula is C23H24N4O4. The van der Waals surface area contributed by atoms with E-state index in [9.17, 15) is 9.59 Å². The SMILES string of the molecule is Cc1oc([C@H](C)NC(=O)c2cccn2C2CC2)nc1C(=O)Nc1ccc2c(c1)COC2. The summed E-state index contributed by atoms with van der Waals surface area (Å²) in [5.41, 5.74) is 3.71. The molecule has 2 amide bonds. The van der Waals surface area contributed by atoms with Gasteiger partial charge in [0.15, 0.2) is 5.69 Å². The number of nitrogens with zero attached hydrogens (tertiary/aromatic N) is 2. The topological polar surface area (TPSA) is 98.4 Å². The number of hydrogen-bond acceptors (Lipinski definition) is 5. The van der Waals surface area contributed by atoms with E-state index in [2.05, 4.69) is 15.6 Å². The predicted molar refractivity (Wildman–Crippen MR) is 113 cm³/mol. The molecule has 1 atom stereocenters. The molecule has 3 heterocycles. The number of benzene rings is 1. The Bertz CT molecular complexity index is 1160. The van der Waals surface area contributed by atoms with Gasteiger partial charge >= 0.3 is 0 Å². The van der Waals surface area contributed by atoms with Crippen molar-refractivity contribution in [2.24, 2.45) is 0 Å². The number of ether oxygens (including phenoxy) is 1. The lowest BCUT2D eigenvalue weighted by atomic mass is 10.1. The average molecular weight is 420 g/mol. The number of anilines is 1. The fraction of sp³-hybridized carbons (Fsp3) is 0.348. The Morgan fingerprint density at radius 2 is 1.97 bits per heavy atom. The lowest BCUT2D eigenvalue weighted by Crippen LogP contribution is -2.28. The van der Waals surface area contributed by atoms with Gasteiger partial charge in [0.05, 0.1) is 13.2 Å². The fourth-order valence-corrected chi connectivity index (χ4v) is 3.84. The van der Waals surface area contributed by atoms with Gasteiger partial charge in [0.1, 0.15) is 17.5 Å². The van der Waals surface area contributed by atoms with Crippen molar-refractivity contribution in [3.8, 4) is 0 Å². The maximum atomic E-state index is 12.8. The normalized spacial score (nSPS) is 16.1. The first-order chi connectivity index (χ1) is 15.0. The molecule has 0 radical (unpaired) electrons. The predicted octanol–water partition coefficient (Wildman–Crippen LogP) is 3.89. The molecule has 8 nitrogen and oxygen atoms in total. The third kappa shape index (κ3) is 3.86. The van der Waals surface area contributed by atoms with E-state index < -0.39 is 6.04 Å². The summed E-state index contributed by atoms with van der Waals surface area (Å²) in [4.78, 5) is 29.8. The van der Waals surface area contributed by atoms with Crippen LogP contribution in [0.4, 0.5) is 5.69 Å². The quantitative estimate of drug-likeness (QED) is 0.630. The van der Waals surface area contributed by atoms with Crippen LogP contribution in [0.3, 0.4) is 0 Å². The molecule has 1 aromatic carbocycles. The van der Waals surface area contributed by atoms with E-state index in [1.807, 2.05) is 41.1 Å². The number of oxazole rings is 1. The first-order valence-electron chi connectivity index (χ1n) is 10.5. The number of rotatable bonds is 6. The monoisotopic (exact) mass is 420 g/mol. The molecule has 2 aromatic heterocycles. The number of aryl methyl sites for hydroxylation is 1. The summed E-state index contributed by atoms with van der Waals surface area (Å²) in [5.74, 6) is 0.154. The van der Waals surface area contributed by atoms with Crippen LogP contribution >= 0.6 is 0 Å². The molecule has 3 aromatic rings. The summed E-state index contributed by atoms with van der Waals surface area (Å²) in [7, 11) is 0. The molecule has 0 saturated heterocycles. The van der Waals surface area contributed by atoms with E-state index >= 15 is 0 Å². The highest BCUT2D eigenvalue weighted by Crippen LogP contribution is 2.36. The van der Waals surface area contributed by atoms with Crippen molar-refractivity contribution >= 4 is 17.5 Å². The Morgan fingerprint density at radius 3 is 2.77 bits per heavy atom. The van der Waals surface area contributed by atoms with Crippen molar-refractivity contribution in [1.29, 1.82) is 0 Å². The van der Waals surface area contributed by atoms with Crippen LogP contribution < -0.4 is 10.6 Å². The minimum absolute atomic E-state index is 0.188.